The summed E-state index contributed by atoms with van der Waals surface area (Å²) in [4.78, 5) is 11.7. The van der Waals surface area contributed by atoms with E-state index in [2.05, 4.69) is 43.5 Å². The summed E-state index contributed by atoms with van der Waals surface area (Å²) in [5.74, 6) is 0.898. The molecule has 0 bridgehead atoms. The molecule has 0 aromatic heterocycles. The van der Waals surface area contributed by atoms with E-state index in [1.165, 1.54) is 35.1 Å². The van der Waals surface area contributed by atoms with Gasteiger partial charge in [0.15, 0.2) is 0 Å². The predicted octanol–water partition coefficient (Wildman–Crippen LogP) is 2.65. The maximum atomic E-state index is 11.7. The molecule has 0 spiro atoms. The average molecular weight is 297 g/mol. The monoisotopic (exact) mass is 296 g/mol. The summed E-state index contributed by atoms with van der Waals surface area (Å²) in [7, 11) is 0. The Morgan fingerprint density at radius 1 is 1.20 bits per heavy atom. The number of halogens is 1. The molecule has 0 radical (unpaired) electrons. The van der Waals surface area contributed by atoms with Crippen molar-refractivity contribution in [3.8, 4) is 0 Å². The van der Waals surface area contributed by atoms with Gasteiger partial charge in [-0.25, -0.2) is 0 Å². The number of rotatable bonds is 6. The fourth-order valence-corrected chi connectivity index (χ4v) is 2.45. The van der Waals surface area contributed by atoms with E-state index in [4.69, 9.17) is 0 Å². The van der Waals surface area contributed by atoms with Crippen molar-refractivity contribution in [3.63, 3.8) is 0 Å². The van der Waals surface area contributed by atoms with Gasteiger partial charge in [-0.1, -0.05) is 17.7 Å². The number of hydrogen-bond donors (Lipinski definition) is 2. The zero-order chi connectivity index (χ0) is 13.8. The molecule has 0 unspecified atom stereocenters. The Morgan fingerprint density at radius 3 is 2.35 bits per heavy atom. The molecule has 2 N–H and O–H groups in total. The molecule has 0 saturated heterocycles. The Balaban J connectivity index is 0.00000200. The molecule has 1 saturated carbocycles. The minimum Gasteiger partial charge on any atom is -0.351 e. The Kier molecular flexibility index (Phi) is 6.50. The summed E-state index contributed by atoms with van der Waals surface area (Å²) in [6.45, 7) is 8.35. The van der Waals surface area contributed by atoms with Crippen LogP contribution in [-0.4, -0.2) is 19.0 Å². The number of amides is 1. The van der Waals surface area contributed by atoms with Gasteiger partial charge in [0.2, 0.25) is 5.91 Å². The van der Waals surface area contributed by atoms with Crippen LogP contribution in [0.1, 0.15) is 35.1 Å². The fraction of sp³-hybridized carbons (Fsp3) is 0.562. The quantitative estimate of drug-likeness (QED) is 0.847. The van der Waals surface area contributed by atoms with E-state index in [9.17, 15) is 4.79 Å². The predicted molar refractivity (Wildman–Crippen MR) is 85.3 cm³/mol. The summed E-state index contributed by atoms with van der Waals surface area (Å²) < 4.78 is 0. The summed E-state index contributed by atoms with van der Waals surface area (Å²) in [5.41, 5.74) is 5.02. The number of nitrogens with one attached hydrogen (secondary N) is 2. The zero-order valence-corrected chi connectivity index (χ0v) is 13.4. The lowest BCUT2D eigenvalue weighted by molar-refractivity contribution is -0.120. The first-order valence-electron chi connectivity index (χ1n) is 7.10. The first-order valence-corrected chi connectivity index (χ1v) is 7.10. The highest BCUT2D eigenvalue weighted by Gasteiger charge is 2.20. The molecule has 0 heterocycles. The lowest BCUT2D eigenvalue weighted by atomic mass is 10.00. The van der Waals surface area contributed by atoms with Gasteiger partial charge in [-0.15, -0.1) is 12.4 Å². The normalized spacial score (nSPS) is 13.8. The second-order valence-corrected chi connectivity index (χ2v) is 5.73. The fourth-order valence-electron chi connectivity index (χ4n) is 2.45. The number of carbonyl (C=O) groups is 1. The van der Waals surface area contributed by atoms with Gasteiger partial charge in [-0.3, -0.25) is 4.79 Å². The highest BCUT2D eigenvalue weighted by atomic mass is 35.5. The lowest BCUT2D eigenvalue weighted by Gasteiger charge is -2.12. The van der Waals surface area contributed by atoms with E-state index < -0.39 is 0 Å². The standard InChI is InChI=1S/C16H24N2O.ClH/c1-11-6-12(2)15(13(3)7-11)9-18-16(19)10-17-8-14-4-5-14;/h6-7,14,17H,4-5,8-10H2,1-3H3,(H,18,19);1H. The smallest absolute Gasteiger partial charge is 0.234 e. The first-order chi connectivity index (χ1) is 9.06. The highest BCUT2D eigenvalue weighted by molar-refractivity contribution is 5.85. The molecule has 1 amide bonds. The molecule has 0 atom stereocenters. The molecular weight excluding hydrogens is 272 g/mol. The van der Waals surface area contributed by atoms with Crippen molar-refractivity contribution in [1.29, 1.82) is 0 Å². The molecule has 1 aromatic carbocycles. The van der Waals surface area contributed by atoms with Crippen molar-refractivity contribution in [2.45, 2.75) is 40.2 Å². The number of benzene rings is 1. The third-order valence-corrected chi connectivity index (χ3v) is 3.72. The van der Waals surface area contributed by atoms with Crippen LogP contribution in [0.15, 0.2) is 12.1 Å². The van der Waals surface area contributed by atoms with Crippen molar-refractivity contribution in [1.82, 2.24) is 10.6 Å². The van der Waals surface area contributed by atoms with Crippen LogP contribution in [0.5, 0.6) is 0 Å². The van der Waals surface area contributed by atoms with Crippen LogP contribution in [0.4, 0.5) is 0 Å². The van der Waals surface area contributed by atoms with Crippen molar-refractivity contribution >= 4 is 18.3 Å². The summed E-state index contributed by atoms with van der Waals surface area (Å²) >= 11 is 0. The van der Waals surface area contributed by atoms with E-state index >= 15 is 0 Å². The highest BCUT2D eigenvalue weighted by Crippen LogP contribution is 2.27. The lowest BCUT2D eigenvalue weighted by Crippen LogP contribution is -2.34. The van der Waals surface area contributed by atoms with Gasteiger partial charge in [-0.05, 0) is 62.8 Å². The molecular formula is C16H25ClN2O. The maximum Gasteiger partial charge on any atom is 0.234 e. The Hall–Kier alpha value is -1.06. The van der Waals surface area contributed by atoms with Crippen LogP contribution in [0, 0.1) is 26.7 Å². The average Bonchev–Trinajstić information content (AvgIpc) is 3.11. The van der Waals surface area contributed by atoms with Crippen molar-refractivity contribution in [3.05, 3.63) is 34.4 Å². The molecule has 1 aliphatic rings. The van der Waals surface area contributed by atoms with Gasteiger partial charge in [0.25, 0.3) is 0 Å². The molecule has 1 aliphatic carbocycles. The maximum absolute atomic E-state index is 11.7. The van der Waals surface area contributed by atoms with E-state index in [0.29, 0.717) is 13.1 Å². The first kappa shape index (κ1) is 17.0. The van der Waals surface area contributed by atoms with E-state index in [1.807, 2.05) is 0 Å². The van der Waals surface area contributed by atoms with Crippen LogP contribution in [0.3, 0.4) is 0 Å². The van der Waals surface area contributed by atoms with Gasteiger partial charge >= 0.3 is 0 Å². The second-order valence-electron chi connectivity index (χ2n) is 5.73. The summed E-state index contributed by atoms with van der Waals surface area (Å²) in [5, 5.41) is 6.20. The van der Waals surface area contributed by atoms with Crippen LogP contribution in [-0.2, 0) is 11.3 Å². The molecule has 4 heteroatoms. The minimum atomic E-state index is 0. The molecule has 2 rings (SSSR count). The van der Waals surface area contributed by atoms with Crippen molar-refractivity contribution < 1.29 is 4.79 Å². The van der Waals surface area contributed by atoms with Crippen LogP contribution >= 0.6 is 12.4 Å². The molecule has 0 aliphatic heterocycles. The van der Waals surface area contributed by atoms with E-state index in [-0.39, 0.29) is 18.3 Å². The molecule has 112 valence electrons. The Labute approximate surface area is 127 Å². The number of aryl methyl sites for hydroxylation is 3. The topological polar surface area (TPSA) is 41.1 Å². The molecule has 1 fully saturated rings. The molecule has 20 heavy (non-hydrogen) atoms. The number of carbonyl (C=O) groups excluding carboxylic acids is 1. The Bertz CT molecular complexity index is 447. The third-order valence-electron chi connectivity index (χ3n) is 3.72. The Morgan fingerprint density at radius 2 is 1.80 bits per heavy atom. The molecule has 3 nitrogen and oxygen atoms in total. The van der Waals surface area contributed by atoms with Gasteiger partial charge in [-0.2, -0.15) is 0 Å². The molecule has 1 aromatic rings. The second kappa shape index (κ2) is 7.65. The van der Waals surface area contributed by atoms with Gasteiger partial charge < -0.3 is 10.6 Å². The van der Waals surface area contributed by atoms with Crippen LogP contribution in [0.25, 0.3) is 0 Å². The summed E-state index contributed by atoms with van der Waals surface area (Å²) in [6, 6.07) is 4.33. The summed E-state index contributed by atoms with van der Waals surface area (Å²) in [6.07, 6.45) is 2.63. The van der Waals surface area contributed by atoms with E-state index in [1.54, 1.807) is 0 Å². The van der Waals surface area contributed by atoms with Gasteiger partial charge in [0.1, 0.15) is 0 Å². The van der Waals surface area contributed by atoms with Crippen molar-refractivity contribution in [2.24, 2.45) is 5.92 Å². The minimum absolute atomic E-state index is 0. The van der Waals surface area contributed by atoms with Crippen LogP contribution < -0.4 is 10.6 Å². The third kappa shape index (κ3) is 5.14. The largest absolute Gasteiger partial charge is 0.351 e. The van der Waals surface area contributed by atoms with E-state index in [0.717, 1.165) is 12.5 Å². The van der Waals surface area contributed by atoms with Crippen LogP contribution in [0.2, 0.25) is 0 Å². The van der Waals surface area contributed by atoms with Gasteiger partial charge in [0, 0.05) is 6.54 Å². The SMILES string of the molecule is Cc1cc(C)c(CNC(=O)CNCC2CC2)c(C)c1.Cl. The van der Waals surface area contributed by atoms with Crippen molar-refractivity contribution in [2.75, 3.05) is 13.1 Å². The zero-order valence-electron chi connectivity index (χ0n) is 12.6. The van der Waals surface area contributed by atoms with Gasteiger partial charge in [0.05, 0.1) is 6.54 Å². The number of hydrogen-bond acceptors (Lipinski definition) is 2.